The Morgan fingerprint density at radius 3 is 2.85 bits per heavy atom. The van der Waals surface area contributed by atoms with Crippen LogP contribution in [0.2, 0.25) is 5.02 Å². The van der Waals surface area contributed by atoms with E-state index in [1.54, 1.807) is 18.4 Å². The van der Waals surface area contributed by atoms with Gasteiger partial charge in [-0.1, -0.05) is 11.6 Å². The molecule has 4 nitrogen and oxygen atoms in total. The standard InChI is InChI=1S/C14H14ClFO4/c15-13-6-11(3-4-14(13)16)20-8-10(17)7-18-9-12-2-1-5-19-12/h1-6,10,17H,7-9H2. The van der Waals surface area contributed by atoms with E-state index in [1.807, 2.05) is 0 Å². The monoisotopic (exact) mass is 300 g/mol. The normalized spacial score (nSPS) is 12.3. The van der Waals surface area contributed by atoms with Crippen molar-refractivity contribution in [1.82, 2.24) is 0 Å². The van der Waals surface area contributed by atoms with Crippen LogP contribution in [0.5, 0.6) is 5.75 Å². The third-order valence-electron chi connectivity index (χ3n) is 2.47. The van der Waals surface area contributed by atoms with Crippen molar-refractivity contribution < 1.29 is 23.4 Å². The molecule has 0 saturated heterocycles. The molecule has 2 aromatic rings. The minimum Gasteiger partial charge on any atom is -0.491 e. The second-order valence-electron chi connectivity index (χ2n) is 4.14. The zero-order valence-electron chi connectivity index (χ0n) is 10.6. The average Bonchev–Trinajstić information content (AvgIpc) is 2.93. The molecule has 0 aliphatic rings. The molecule has 1 atom stereocenters. The van der Waals surface area contributed by atoms with E-state index in [-0.39, 0.29) is 24.8 Å². The maximum atomic E-state index is 12.9. The predicted molar refractivity (Wildman–Crippen MR) is 71.3 cm³/mol. The summed E-state index contributed by atoms with van der Waals surface area (Å²) >= 11 is 5.62. The third-order valence-corrected chi connectivity index (χ3v) is 2.76. The Kier molecular flexibility index (Phi) is 5.40. The maximum Gasteiger partial charge on any atom is 0.142 e. The number of aliphatic hydroxyl groups excluding tert-OH is 1. The zero-order chi connectivity index (χ0) is 14.4. The predicted octanol–water partition coefficient (Wildman–Crippen LogP) is 3.03. The van der Waals surface area contributed by atoms with Crippen molar-refractivity contribution in [1.29, 1.82) is 0 Å². The molecule has 0 saturated carbocycles. The fourth-order valence-corrected chi connectivity index (χ4v) is 1.67. The second kappa shape index (κ2) is 7.28. The fraction of sp³-hybridized carbons (Fsp3) is 0.286. The first-order valence-corrected chi connectivity index (χ1v) is 6.39. The highest BCUT2D eigenvalue weighted by molar-refractivity contribution is 6.30. The van der Waals surface area contributed by atoms with Gasteiger partial charge in [-0.25, -0.2) is 4.39 Å². The molecule has 0 bridgehead atoms. The van der Waals surface area contributed by atoms with Crippen LogP contribution in [0.1, 0.15) is 5.76 Å². The lowest BCUT2D eigenvalue weighted by Gasteiger charge is -2.12. The van der Waals surface area contributed by atoms with Crippen molar-refractivity contribution in [3.8, 4) is 5.75 Å². The molecule has 0 radical (unpaired) electrons. The van der Waals surface area contributed by atoms with E-state index < -0.39 is 11.9 Å². The van der Waals surface area contributed by atoms with Crippen molar-refractivity contribution in [3.05, 3.63) is 53.2 Å². The van der Waals surface area contributed by atoms with Crippen LogP contribution in [-0.4, -0.2) is 24.4 Å². The minimum atomic E-state index is -0.797. The van der Waals surface area contributed by atoms with Gasteiger partial charge in [-0.15, -0.1) is 0 Å². The van der Waals surface area contributed by atoms with E-state index in [1.165, 1.54) is 18.2 Å². The molecule has 1 N–H and O–H groups in total. The lowest BCUT2D eigenvalue weighted by molar-refractivity contribution is 0.000871. The smallest absolute Gasteiger partial charge is 0.142 e. The van der Waals surface area contributed by atoms with E-state index in [4.69, 9.17) is 25.5 Å². The van der Waals surface area contributed by atoms with Gasteiger partial charge in [-0.05, 0) is 24.3 Å². The molecule has 0 aliphatic heterocycles. The fourth-order valence-electron chi connectivity index (χ4n) is 1.50. The van der Waals surface area contributed by atoms with Gasteiger partial charge in [0.05, 0.1) is 17.9 Å². The first kappa shape index (κ1) is 14.8. The van der Waals surface area contributed by atoms with Crippen molar-refractivity contribution in [3.63, 3.8) is 0 Å². The number of furan rings is 1. The zero-order valence-corrected chi connectivity index (χ0v) is 11.3. The van der Waals surface area contributed by atoms with E-state index in [2.05, 4.69) is 0 Å². The van der Waals surface area contributed by atoms with Gasteiger partial charge in [0.25, 0.3) is 0 Å². The molecule has 0 amide bonds. The quantitative estimate of drug-likeness (QED) is 0.854. The van der Waals surface area contributed by atoms with Gasteiger partial charge in [-0.2, -0.15) is 0 Å². The SMILES string of the molecule is OC(COCc1ccco1)COc1ccc(F)c(Cl)c1. The summed E-state index contributed by atoms with van der Waals surface area (Å²) in [7, 11) is 0. The largest absolute Gasteiger partial charge is 0.491 e. The summed E-state index contributed by atoms with van der Waals surface area (Å²) in [5.41, 5.74) is 0. The minimum absolute atomic E-state index is 0.0222. The molecular weight excluding hydrogens is 287 g/mol. The van der Waals surface area contributed by atoms with E-state index >= 15 is 0 Å². The van der Waals surface area contributed by atoms with Gasteiger partial charge in [-0.3, -0.25) is 0 Å². The van der Waals surface area contributed by atoms with E-state index in [0.29, 0.717) is 11.5 Å². The Morgan fingerprint density at radius 1 is 1.30 bits per heavy atom. The molecule has 108 valence electrons. The Labute approximate surface area is 120 Å². The van der Waals surface area contributed by atoms with E-state index in [0.717, 1.165) is 0 Å². The number of halogens is 2. The van der Waals surface area contributed by atoms with Crippen LogP contribution in [-0.2, 0) is 11.3 Å². The summed E-state index contributed by atoms with van der Waals surface area (Å²) in [4.78, 5) is 0. The van der Waals surface area contributed by atoms with Gasteiger partial charge in [0.2, 0.25) is 0 Å². The summed E-state index contributed by atoms with van der Waals surface area (Å²) in [6.45, 7) is 0.419. The molecule has 6 heteroatoms. The van der Waals surface area contributed by atoms with Crippen LogP contribution in [0.15, 0.2) is 41.0 Å². The van der Waals surface area contributed by atoms with Crippen LogP contribution in [0.25, 0.3) is 0 Å². The van der Waals surface area contributed by atoms with Gasteiger partial charge >= 0.3 is 0 Å². The Hall–Kier alpha value is -1.56. The van der Waals surface area contributed by atoms with Crippen molar-refractivity contribution in [2.75, 3.05) is 13.2 Å². The van der Waals surface area contributed by atoms with Gasteiger partial charge in [0.1, 0.15) is 36.6 Å². The molecule has 0 spiro atoms. The van der Waals surface area contributed by atoms with Gasteiger partial charge in [0, 0.05) is 6.07 Å². The third kappa shape index (κ3) is 4.52. The number of hydrogen-bond donors (Lipinski definition) is 1. The van der Waals surface area contributed by atoms with E-state index in [9.17, 15) is 9.50 Å². The highest BCUT2D eigenvalue weighted by Gasteiger charge is 2.08. The Balaban J connectivity index is 1.69. The van der Waals surface area contributed by atoms with Crippen LogP contribution >= 0.6 is 11.6 Å². The number of hydrogen-bond acceptors (Lipinski definition) is 4. The molecule has 1 unspecified atom stereocenters. The van der Waals surface area contributed by atoms with Crippen LogP contribution < -0.4 is 4.74 Å². The van der Waals surface area contributed by atoms with Crippen molar-refractivity contribution in [2.45, 2.75) is 12.7 Å². The average molecular weight is 301 g/mol. The highest BCUT2D eigenvalue weighted by Crippen LogP contribution is 2.21. The molecule has 1 aromatic carbocycles. The summed E-state index contributed by atoms with van der Waals surface area (Å²) in [5, 5.41) is 9.65. The highest BCUT2D eigenvalue weighted by atomic mass is 35.5. The maximum absolute atomic E-state index is 12.9. The molecule has 0 aliphatic carbocycles. The van der Waals surface area contributed by atoms with Crippen LogP contribution in [0.4, 0.5) is 4.39 Å². The topological polar surface area (TPSA) is 51.8 Å². The number of aliphatic hydroxyl groups is 1. The first-order valence-electron chi connectivity index (χ1n) is 6.01. The molecule has 1 heterocycles. The number of ether oxygens (including phenoxy) is 2. The number of benzene rings is 1. The lowest BCUT2D eigenvalue weighted by atomic mass is 10.3. The summed E-state index contributed by atoms with van der Waals surface area (Å²) in [6.07, 6.45) is 0.755. The Morgan fingerprint density at radius 2 is 2.15 bits per heavy atom. The molecular formula is C14H14ClFO4. The lowest BCUT2D eigenvalue weighted by Crippen LogP contribution is -2.23. The van der Waals surface area contributed by atoms with Crippen molar-refractivity contribution >= 4 is 11.6 Å². The summed E-state index contributed by atoms with van der Waals surface area (Å²) < 4.78 is 28.6. The van der Waals surface area contributed by atoms with Crippen LogP contribution in [0, 0.1) is 5.82 Å². The number of rotatable bonds is 7. The molecule has 20 heavy (non-hydrogen) atoms. The van der Waals surface area contributed by atoms with Crippen LogP contribution in [0.3, 0.4) is 0 Å². The molecule has 1 aromatic heterocycles. The molecule has 2 rings (SSSR count). The first-order chi connectivity index (χ1) is 9.65. The van der Waals surface area contributed by atoms with Gasteiger partial charge in [0.15, 0.2) is 0 Å². The van der Waals surface area contributed by atoms with Gasteiger partial charge < -0.3 is 19.0 Å². The second-order valence-corrected chi connectivity index (χ2v) is 4.54. The summed E-state index contributed by atoms with van der Waals surface area (Å²) in [6, 6.07) is 7.54. The Bertz CT molecular complexity index is 530. The molecule has 0 fully saturated rings. The summed E-state index contributed by atoms with van der Waals surface area (Å²) in [5.74, 6) is 0.561. The van der Waals surface area contributed by atoms with Crippen molar-refractivity contribution in [2.24, 2.45) is 0 Å².